The lowest BCUT2D eigenvalue weighted by molar-refractivity contribution is -0.143. The fraction of sp³-hybridized carbons (Fsp3) is 0.417. The number of carbonyl (C=O) groups excluding carboxylic acids is 1. The van der Waals surface area contributed by atoms with Gasteiger partial charge in [-0.05, 0) is 47.6 Å². The van der Waals surface area contributed by atoms with Crippen molar-refractivity contribution in [1.82, 2.24) is 14.5 Å². The van der Waals surface area contributed by atoms with Crippen LogP contribution in [-0.4, -0.2) is 27.1 Å². The van der Waals surface area contributed by atoms with Crippen molar-refractivity contribution >= 4 is 45.3 Å². The summed E-state index contributed by atoms with van der Waals surface area (Å²) in [5, 5.41) is 0. The topological polar surface area (TPSA) is 59.9 Å². The first-order chi connectivity index (χ1) is 9.11. The lowest BCUT2D eigenvalue weighted by atomic mass is 10.3. The minimum absolute atomic E-state index is 0.176. The van der Waals surface area contributed by atoms with Crippen molar-refractivity contribution in [3.8, 4) is 0 Å². The van der Waals surface area contributed by atoms with Gasteiger partial charge in [-0.25, -0.2) is 4.98 Å². The first-order valence-electron chi connectivity index (χ1n) is 6.01. The molecule has 0 radical (unpaired) electrons. The van der Waals surface area contributed by atoms with E-state index in [2.05, 4.69) is 25.9 Å². The Hall–Kier alpha value is -1.21. The lowest BCUT2D eigenvalue weighted by Crippen LogP contribution is -2.06. The summed E-state index contributed by atoms with van der Waals surface area (Å²) in [6.45, 7) is 2.86. The van der Waals surface area contributed by atoms with Crippen LogP contribution in [0, 0.1) is 4.77 Å². The number of aromatic amines is 1. The molecule has 7 heteroatoms. The van der Waals surface area contributed by atoms with Gasteiger partial charge in [0.05, 0.1) is 12.1 Å². The molecule has 0 saturated carbocycles. The summed E-state index contributed by atoms with van der Waals surface area (Å²) in [7, 11) is 0. The van der Waals surface area contributed by atoms with Gasteiger partial charge < -0.3 is 14.3 Å². The van der Waals surface area contributed by atoms with Crippen LogP contribution < -0.4 is 0 Å². The third kappa shape index (κ3) is 3.42. The van der Waals surface area contributed by atoms with E-state index in [9.17, 15) is 4.79 Å². The van der Waals surface area contributed by atoms with Gasteiger partial charge in [0, 0.05) is 23.6 Å². The molecule has 0 aliphatic rings. The van der Waals surface area contributed by atoms with Crippen LogP contribution in [0.3, 0.4) is 0 Å². The van der Waals surface area contributed by atoms with E-state index in [1.807, 2.05) is 10.6 Å². The van der Waals surface area contributed by atoms with Crippen molar-refractivity contribution in [3.63, 3.8) is 0 Å². The number of esters is 1. The summed E-state index contributed by atoms with van der Waals surface area (Å²) in [5.74, 6) is -0.176. The van der Waals surface area contributed by atoms with Crippen molar-refractivity contribution < 1.29 is 9.53 Å². The maximum absolute atomic E-state index is 11.3. The second-order valence-electron chi connectivity index (χ2n) is 4.02. The van der Waals surface area contributed by atoms with E-state index in [-0.39, 0.29) is 5.97 Å². The zero-order chi connectivity index (χ0) is 13.8. The molecule has 0 spiro atoms. The monoisotopic (exact) mass is 343 g/mol. The van der Waals surface area contributed by atoms with Gasteiger partial charge in [-0.3, -0.25) is 4.79 Å². The van der Waals surface area contributed by atoms with Crippen LogP contribution >= 0.6 is 28.1 Å². The standard InChI is InChI=1S/C12H14BrN3O2S/c1-2-18-10(17)4-3-5-16-11-9(15-12(16)19)6-8(13)7-14-11/h6-7H,2-5H2,1H3,(H,15,19). The molecule has 2 aromatic rings. The number of fused-ring (bicyclic) bond motifs is 1. The highest BCUT2D eigenvalue weighted by Gasteiger charge is 2.07. The normalized spacial score (nSPS) is 10.8. The number of rotatable bonds is 5. The highest BCUT2D eigenvalue weighted by Crippen LogP contribution is 2.17. The number of aryl methyl sites for hydroxylation is 1. The number of imidazole rings is 1. The molecule has 0 saturated heterocycles. The van der Waals surface area contributed by atoms with Crippen molar-refractivity contribution in [3.05, 3.63) is 21.5 Å². The van der Waals surface area contributed by atoms with Crippen LogP contribution in [0.25, 0.3) is 11.2 Å². The maximum Gasteiger partial charge on any atom is 0.305 e. The SMILES string of the molecule is CCOC(=O)CCCn1c(=S)[nH]c2cc(Br)cnc21. The molecule has 102 valence electrons. The first-order valence-corrected chi connectivity index (χ1v) is 7.21. The zero-order valence-corrected chi connectivity index (χ0v) is 12.9. The molecule has 0 aromatic carbocycles. The molecular formula is C12H14BrN3O2S. The predicted molar refractivity (Wildman–Crippen MR) is 78.5 cm³/mol. The molecule has 0 unspecified atom stereocenters. The van der Waals surface area contributed by atoms with Crippen molar-refractivity contribution in [2.24, 2.45) is 0 Å². The van der Waals surface area contributed by atoms with Gasteiger partial charge in [0.1, 0.15) is 0 Å². The molecule has 0 aliphatic carbocycles. The van der Waals surface area contributed by atoms with Crippen molar-refractivity contribution in [1.29, 1.82) is 0 Å². The van der Waals surface area contributed by atoms with Crippen LogP contribution in [0.2, 0.25) is 0 Å². The van der Waals surface area contributed by atoms with Gasteiger partial charge in [-0.15, -0.1) is 0 Å². The Morgan fingerprint density at radius 2 is 2.42 bits per heavy atom. The molecule has 0 bridgehead atoms. The van der Waals surface area contributed by atoms with Gasteiger partial charge in [-0.2, -0.15) is 0 Å². The number of H-pyrrole nitrogens is 1. The Morgan fingerprint density at radius 3 is 3.16 bits per heavy atom. The minimum atomic E-state index is -0.176. The molecule has 0 fully saturated rings. The van der Waals surface area contributed by atoms with Crippen LogP contribution in [0.15, 0.2) is 16.7 Å². The fourth-order valence-corrected chi connectivity index (χ4v) is 2.46. The smallest absolute Gasteiger partial charge is 0.305 e. The molecule has 2 aromatic heterocycles. The maximum atomic E-state index is 11.3. The number of halogens is 1. The number of ether oxygens (including phenoxy) is 1. The van der Waals surface area contributed by atoms with Gasteiger partial charge in [0.2, 0.25) is 0 Å². The Kier molecular flexibility index (Phi) is 4.71. The quantitative estimate of drug-likeness (QED) is 0.668. The first kappa shape index (κ1) is 14.2. The number of hydrogen-bond acceptors (Lipinski definition) is 4. The minimum Gasteiger partial charge on any atom is -0.466 e. The lowest BCUT2D eigenvalue weighted by Gasteiger charge is -2.04. The van der Waals surface area contributed by atoms with Gasteiger partial charge in [0.25, 0.3) is 0 Å². The van der Waals surface area contributed by atoms with Gasteiger partial charge >= 0.3 is 5.97 Å². The molecule has 0 amide bonds. The average molecular weight is 344 g/mol. The Bertz CT molecular complexity index is 650. The Morgan fingerprint density at radius 1 is 1.63 bits per heavy atom. The summed E-state index contributed by atoms with van der Waals surface area (Å²) < 4.78 is 8.30. The van der Waals surface area contributed by atoms with E-state index < -0.39 is 0 Å². The zero-order valence-electron chi connectivity index (χ0n) is 10.5. The van der Waals surface area contributed by atoms with Crippen molar-refractivity contribution in [2.45, 2.75) is 26.3 Å². The summed E-state index contributed by atoms with van der Waals surface area (Å²) >= 11 is 8.63. The fourth-order valence-electron chi connectivity index (χ4n) is 1.84. The molecule has 2 heterocycles. The largest absolute Gasteiger partial charge is 0.466 e. The summed E-state index contributed by atoms with van der Waals surface area (Å²) in [6, 6.07) is 1.93. The number of nitrogens with zero attached hydrogens (tertiary/aromatic N) is 2. The average Bonchev–Trinajstić information content (AvgIpc) is 2.65. The number of carbonyl (C=O) groups is 1. The molecule has 1 N–H and O–H groups in total. The van der Waals surface area contributed by atoms with E-state index in [1.165, 1.54) is 0 Å². The molecule has 0 aliphatic heterocycles. The number of nitrogens with one attached hydrogen (secondary N) is 1. The van der Waals surface area contributed by atoms with Gasteiger partial charge in [-0.1, -0.05) is 0 Å². The van der Waals surface area contributed by atoms with Crippen LogP contribution in [0.1, 0.15) is 19.8 Å². The highest BCUT2D eigenvalue weighted by molar-refractivity contribution is 9.10. The highest BCUT2D eigenvalue weighted by atomic mass is 79.9. The second kappa shape index (κ2) is 6.29. The number of pyridine rings is 1. The van der Waals surface area contributed by atoms with E-state index in [1.54, 1.807) is 13.1 Å². The molecule has 19 heavy (non-hydrogen) atoms. The third-order valence-electron chi connectivity index (χ3n) is 2.64. The second-order valence-corrected chi connectivity index (χ2v) is 5.32. The Balaban J connectivity index is 2.10. The van der Waals surface area contributed by atoms with E-state index in [0.717, 1.165) is 15.6 Å². The van der Waals surface area contributed by atoms with Crippen LogP contribution in [0.4, 0.5) is 0 Å². The summed E-state index contributed by atoms with van der Waals surface area (Å²) in [5.41, 5.74) is 1.69. The molecule has 5 nitrogen and oxygen atoms in total. The summed E-state index contributed by atoms with van der Waals surface area (Å²) in [6.07, 6.45) is 2.80. The van der Waals surface area contributed by atoms with Gasteiger partial charge in [0.15, 0.2) is 10.4 Å². The van der Waals surface area contributed by atoms with E-state index in [0.29, 0.717) is 30.8 Å². The van der Waals surface area contributed by atoms with Crippen LogP contribution in [-0.2, 0) is 16.1 Å². The molecular weight excluding hydrogens is 330 g/mol. The third-order valence-corrected chi connectivity index (χ3v) is 3.40. The molecule has 0 atom stereocenters. The summed E-state index contributed by atoms with van der Waals surface area (Å²) in [4.78, 5) is 18.7. The Labute approximate surface area is 124 Å². The van der Waals surface area contributed by atoms with E-state index in [4.69, 9.17) is 17.0 Å². The predicted octanol–water partition coefficient (Wildman–Crippen LogP) is 3.20. The van der Waals surface area contributed by atoms with E-state index >= 15 is 0 Å². The van der Waals surface area contributed by atoms with Crippen LogP contribution in [0.5, 0.6) is 0 Å². The number of aromatic nitrogens is 3. The molecule has 2 rings (SSSR count). The number of hydrogen-bond donors (Lipinski definition) is 1. The van der Waals surface area contributed by atoms with Crippen molar-refractivity contribution in [2.75, 3.05) is 6.61 Å².